The smallest absolute Gasteiger partial charge is 0.369 e. The molecule has 0 heterocycles. The summed E-state index contributed by atoms with van der Waals surface area (Å²) in [7, 11) is 0. The molecule has 0 aromatic heterocycles. The van der Waals surface area contributed by atoms with Gasteiger partial charge in [0.05, 0.1) is 40.7 Å². The summed E-state index contributed by atoms with van der Waals surface area (Å²) >= 11 is 0. The summed E-state index contributed by atoms with van der Waals surface area (Å²) in [5.74, 6) is 0. The Morgan fingerprint density at radius 1 is 0.257 bits per heavy atom. The molecule has 0 fully saturated rings. The number of hydrogen-bond acceptors (Lipinski definition) is 24. The molecule has 33 nitrogen and oxygen atoms in total. The Morgan fingerprint density at radius 2 is 0.257 bits per heavy atom. The van der Waals surface area contributed by atoms with E-state index in [1.54, 1.807) is 0 Å². The first-order chi connectivity index (χ1) is 13.9. The molecule has 201 valence electrons. The summed E-state index contributed by atoms with van der Waals surface area (Å²) in [6, 6.07) is 0. The van der Waals surface area contributed by atoms with E-state index in [1.807, 2.05) is 0 Å². The zero-order chi connectivity index (χ0) is 28.6. The first-order valence-electron chi connectivity index (χ1n) is 4.38. The van der Waals surface area contributed by atoms with Crippen molar-refractivity contribution in [2.45, 2.75) is 0 Å². The third-order valence-corrected chi connectivity index (χ3v) is 0. The summed E-state index contributed by atoms with van der Waals surface area (Å²) in [5, 5.41) is 118. The molecular formula is H4Ce2N9O24. The van der Waals surface area contributed by atoms with E-state index in [0.29, 0.717) is 0 Å². The van der Waals surface area contributed by atoms with E-state index in [2.05, 4.69) is 0 Å². The summed E-state index contributed by atoms with van der Waals surface area (Å²) in [4.78, 5) is 66.0. The Balaban J connectivity index is -0.0000000206. The molecule has 0 atom stereocenters. The minimum absolute atomic E-state index is 0. The third kappa shape index (κ3) is 1790. The van der Waals surface area contributed by atoms with Crippen molar-refractivity contribution >= 4 is 0 Å². The van der Waals surface area contributed by atoms with Crippen LogP contribution in [-0.2, 0) is 0 Å². The fraction of sp³-hybridized carbons (Fsp3) is 0. The largest absolute Gasteiger partial charge is 4.00 e. The summed E-state index contributed by atoms with van der Waals surface area (Å²) in [6.07, 6.45) is 0. The molecular weight excluding hydrogens is 790 g/mol. The molecule has 0 saturated carbocycles. The molecule has 0 spiro atoms. The number of rotatable bonds is 0. The van der Waals surface area contributed by atoms with Crippen molar-refractivity contribution in [2.24, 2.45) is 0 Å². The molecule has 35 heavy (non-hydrogen) atoms. The molecule has 0 saturated heterocycles. The van der Waals surface area contributed by atoms with Crippen molar-refractivity contribution in [1.29, 1.82) is 0 Å². The quantitative estimate of drug-likeness (QED) is 0.214. The molecule has 4 N–H and O–H groups in total. The van der Waals surface area contributed by atoms with Crippen LogP contribution in [0.4, 0.5) is 0 Å². The monoisotopic (exact) mass is 794 g/mol. The van der Waals surface area contributed by atoms with Crippen LogP contribution >= 0.6 is 0 Å². The Kier molecular flexibility index (Phi) is 126. The SMILES string of the molecule is O=[N+]([O-])[O-].O=[N+]([O-])[O-].O=[N+]([O-])[O-].O=[N+]([O-])[O-].O=[N+]([O-])[O-].O=[N+]([O-])[O-].O=[N+]([O-])[O-].O=[N+]([O-])[O-].[Ce+3].[Ce+4].[NH4+]. The first kappa shape index (κ1) is 69.7. The van der Waals surface area contributed by atoms with Gasteiger partial charge in [0.1, 0.15) is 0 Å². The van der Waals surface area contributed by atoms with Crippen molar-refractivity contribution in [2.75, 3.05) is 0 Å². The number of hydrogen-bond donors (Lipinski definition) is 1. The molecule has 0 aromatic carbocycles. The van der Waals surface area contributed by atoms with Gasteiger partial charge >= 0.3 is 83.5 Å². The average molecular weight is 794 g/mol. The molecule has 35 heteroatoms. The maximum absolute atomic E-state index is 8.25. The van der Waals surface area contributed by atoms with Crippen LogP contribution in [0.15, 0.2) is 0 Å². The summed E-state index contributed by atoms with van der Waals surface area (Å²) < 4.78 is 0. The van der Waals surface area contributed by atoms with Crippen LogP contribution in [0.2, 0.25) is 0 Å². The maximum atomic E-state index is 8.25. The predicted molar refractivity (Wildman–Crippen MR) is 88.9 cm³/mol. The van der Waals surface area contributed by atoms with E-state index in [4.69, 9.17) is 123 Å². The average Bonchev–Trinajstić information content (AvgIpc) is 2.30. The predicted octanol–water partition coefficient (Wildman–Crippen LogP) is -1.54. The molecule has 0 aliphatic heterocycles. The van der Waals surface area contributed by atoms with E-state index in [0.717, 1.165) is 0 Å². The zero-order valence-corrected chi connectivity index (χ0v) is 21.7. The number of quaternary nitrogens is 1. The van der Waals surface area contributed by atoms with Crippen LogP contribution in [0.25, 0.3) is 0 Å². The first-order valence-corrected chi connectivity index (χ1v) is 4.38. The topological polar surface area (TPSA) is 566 Å². The van der Waals surface area contributed by atoms with Crippen molar-refractivity contribution in [3.63, 3.8) is 0 Å². The van der Waals surface area contributed by atoms with Crippen molar-refractivity contribution in [1.82, 2.24) is 6.15 Å². The van der Waals surface area contributed by atoms with Gasteiger partial charge in [-0.15, -0.1) is 0 Å². The Bertz CT molecular complexity index is 367. The molecule has 0 unspecified atom stereocenters. The second kappa shape index (κ2) is 63.1. The standard InChI is InChI=1S/2Ce.8NO3.H3N/c;;8*2-1(3)4;/h;;;;;;;;;;1H3/q+3;+4;8*-1;/p+1. The Labute approximate surface area is 251 Å². The van der Waals surface area contributed by atoms with Gasteiger partial charge in [0.15, 0.2) is 0 Å². The van der Waals surface area contributed by atoms with Crippen molar-refractivity contribution in [3.05, 3.63) is 123 Å². The minimum atomic E-state index is -1.75. The van der Waals surface area contributed by atoms with Crippen LogP contribution in [0.1, 0.15) is 0 Å². The third-order valence-electron chi connectivity index (χ3n) is 0. The molecule has 0 aliphatic carbocycles. The van der Waals surface area contributed by atoms with Crippen LogP contribution < -0.4 is 6.15 Å². The second-order valence-electron chi connectivity index (χ2n) is 1.79. The van der Waals surface area contributed by atoms with Gasteiger partial charge in [-0.1, -0.05) is 0 Å². The second-order valence-corrected chi connectivity index (χ2v) is 1.79. The van der Waals surface area contributed by atoms with Crippen LogP contribution in [-0.4, -0.2) is 40.7 Å². The van der Waals surface area contributed by atoms with Crippen LogP contribution in [0.5, 0.6) is 0 Å². The molecule has 0 rings (SSSR count). The van der Waals surface area contributed by atoms with E-state index >= 15 is 0 Å². The summed E-state index contributed by atoms with van der Waals surface area (Å²) in [6.45, 7) is 0. The molecule has 0 aromatic rings. The molecule has 1 radical (unpaired) electrons. The van der Waals surface area contributed by atoms with Crippen LogP contribution in [0.3, 0.4) is 0 Å². The van der Waals surface area contributed by atoms with E-state index in [1.165, 1.54) is 0 Å². The normalized spacial score (nSPS) is 5.49. The van der Waals surface area contributed by atoms with Gasteiger partial charge in [0.25, 0.3) is 0 Å². The van der Waals surface area contributed by atoms with Gasteiger partial charge in [0, 0.05) is 0 Å². The van der Waals surface area contributed by atoms with Gasteiger partial charge in [-0.2, -0.15) is 0 Å². The summed E-state index contributed by atoms with van der Waals surface area (Å²) in [5.41, 5.74) is 0. The van der Waals surface area contributed by atoms with Gasteiger partial charge in [-0.25, -0.2) is 0 Å². The fourth-order valence-corrected chi connectivity index (χ4v) is 0. The van der Waals surface area contributed by atoms with E-state index in [-0.39, 0.29) is 89.6 Å². The Morgan fingerprint density at radius 3 is 0.257 bits per heavy atom. The number of nitrogens with zero attached hydrogens (tertiary/aromatic N) is 8. The minimum Gasteiger partial charge on any atom is -0.369 e. The molecule has 0 aliphatic rings. The zero-order valence-electron chi connectivity index (χ0n) is 15.4. The van der Waals surface area contributed by atoms with E-state index < -0.39 is 40.7 Å². The van der Waals surface area contributed by atoms with Crippen molar-refractivity contribution < 1.29 is 124 Å². The maximum Gasteiger partial charge on any atom is 4.00 e. The fourth-order valence-electron chi connectivity index (χ4n) is 0. The molecule has 0 bridgehead atoms. The van der Waals surface area contributed by atoms with Gasteiger partial charge in [0.2, 0.25) is 0 Å². The van der Waals surface area contributed by atoms with Gasteiger partial charge in [-0.05, 0) is 0 Å². The van der Waals surface area contributed by atoms with Crippen molar-refractivity contribution in [3.8, 4) is 0 Å². The van der Waals surface area contributed by atoms with E-state index in [9.17, 15) is 0 Å². The molecule has 0 amide bonds. The van der Waals surface area contributed by atoms with Gasteiger partial charge < -0.3 is 129 Å². The van der Waals surface area contributed by atoms with Crippen LogP contribution in [0, 0.1) is 206 Å². The Hall–Kier alpha value is -3.69. The van der Waals surface area contributed by atoms with Gasteiger partial charge in [-0.3, -0.25) is 0 Å².